The van der Waals surface area contributed by atoms with Gasteiger partial charge in [-0.15, -0.1) is 0 Å². The summed E-state index contributed by atoms with van der Waals surface area (Å²) >= 11 is 3.55. The fraction of sp³-hybridized carbons (Fsp3) is 0.588. The van der Waals surface area contributed by atoms with Gasteiger partial charge in [-0.1, -0.05) is 34.1 Å². The van der Waals surface area contributed by atoms with Crippen LogP contribution in [0.5, 0.6) is 0 Å². The number of hydrogen-bond donors (Lipinski definition) is 2. The van der Waals surface area contributed by atoms with Crippen LogP contribution in [0.25, 0.3) is 0 Å². The molecule has 2 N–H and O–H groups in total. The third kappa shape index (κ3) is 4.99. The average molecular weight is 369 g/mol. The predicted molar refractivity (Wildman–Crippen MR) is 91.8 cm³/mol. The number of benzene rings is 1. The minimum Gasteiger partial charge on any atom is -0.444 e. The Labute approximate surface area is 141 Å². The summed E-state index contributed by atoms with van der Waals surface area (Å²) in [7, 11) is 0. The molecule has 1 saturated carbocycles. The van der Waals surface area contributed by atoms with Gasteiger partial charge in [-0.3, -0.25) is 0 Å². The number of ether oxygens (including phenoxy) is 1. The summed E-state index contributed by atoms with van der Waals surface area (Å²) in [5.74, 6) is 0. The first-order valence-corrected chi connectivity index (χ1v) is 8.54. The van der Waals surface area contributed by atoms with E-state index in [0.717, 1.165) is 36.8 Å². The minimum absolute atomic E-state index is 0.163. The van der Waals surface area contributed by atoms with Crippen LogP contribution in [0.4, 0.5) is 4.79 Å². The maximum absolute atomic E-state index is 12.0. The Morgan fingerprint density at radius 3 is 2.55 bits per heavy atom. The van der Waals surface area contributed by atoms with Crippen molar-refractivity contribution in [2.45, 2.75) is 57.7 Å². The SMILES string of the molecule is CC(C)(C)OC(=O)NC1(CNCc2ccccc2Br)CCC1. The van der Waals surface area contributed by atoms with E-state index >= 15 is 0 Å². The zero-order valence-electron chi connectivity index (χ0n) is 13.5. The monoisotopic (exact) mass is 368 g/mol. The first kappa shape index (κ1) is 17.3. The van der Waals surface area contributed by atoms with E-state index in [4.69, 9.17) is 4.74 Å². The normalized spacial score (nSPS) is 16.7. The van der Waals surface area contributed by atoms with Gasteiger partial charge in [-0.25, -0.2) is 4.79 Å². The van der Waals surface area contributed by atoms with Crippen molar-refractivity contribution < 1.29 is 9.53 Å². The Kier molecular flexibility index (Phi) is 5.50. The first-order chi connectivity index (χ1) is 10.3. The van der Waals surface area contributed by atoms with Gasteiger partial charge in [0.1, 0.15) is 5.60 Å². The van der Waals surface area contributed by atoms with Gasteiger partial charge in [0.2, 0.25) is 0 Å². The van der Waals surface area contributed by atoms with E-state index in [2.05, 4.69) is 32.6 Å². The Hall–Kier alpha value is -1.07. The number of carbonyl (C=O) groups is 1. The fourth-order valence-electron chi connectivity index (χ4n) is 2.55. The van der Waals surface area contributed by atoms with E-state index in [1.165, 1.54) is 5.56 Å². The van der Waals surface area contributed by atoms with Gasteiger partial charge in [-0.05, 0) is 51.7 Å². The highest BCUT2D eigenvalue weighted by Crippen LogP contribution is 2.31. The van der Waals surface area contributed by atoms with Crippen LogP contribution in [0.1, 0.15) is 45.6 Å². The second-order valence-corrected chi connectivity index (χ2v) is 7.81. The van der Waals surface area contributed by atoms with Crippen molar-refractivity contribution in [3.05, 3.63) is 34.3 Å². The van der Waals surface area contributed by atoms with E-state index in [1.807, 2.05) is 39.0 Å². The molecule has 1 fully saturated rings. The molecule has 0 aromatic heterocycles. The molecule has 22 heavy (non-hydrogen) atoms. The van der Waals surface area contributed by atoms with Crippen molar-refractivity contribution in [1.82, 2.24) is 10.6 Å². The van der Waals surface area contributed by atoms with E-state index in [0.29, 0.717) is 0 Å². The smallest absolute Gasteiger partial charge is 0.408 e. The standard InChI is InChI=1S/C17H25BrN2O2/c1-16(2,3)22-15(21)20-17(9-6-10-17)12-19-11-13-7-4-5-8-14(13)18/h4-5,7-8,19H,6,9-12H2,1-3H3,(H,20,21). The second-order valence-electron chi connectivity index (χ2n) is 6.96. The van der Waals surface area contributed by atoms with Crippen molar-refractivity contribution in [2.75, 3.05) is 6.54 Å². The van der Waals surface area contributed by atoms with E-state index < -0.39 is 5.60 Å². The Balaban J connectivity index is 1.84. The van der Waals surface area contributed by atoms with Crippen molar-refractivity contribution in [1.29, 1.82) is 0 Å². The molecular formula is C17H25BrN2O2. The highest BCUT2D eigenvalue weighted by Gasteiger charge is 2.39. The molecule has 0 radical (unpaired) electrons. The predicted octanol–water partition coefficient (Wildman–Crippen LogP) is 3.99. The summed E-state index contributed by atoms with van der Waals surface area (Å²) in [6.07, 6.45) is 2.81. The third-order valence-corrected chi connectivity index (χ3v) is 4.59. The third-order valence-electron chi connectivity index (χ3n) is 3.81. The van der Waals surface area contributed by atoms with Crippen molar-refractivity contribution >= 4 is 22.0 Å². The molecule has 0 unspecified atom stereocenters. The number of rotatable bonds is 5. The molecule has 4 nitrogen and oxygen atoms in total. The fourth-order valence-corrected chi connectivity index (χ4v) is 2.97. The lowest BCUT2D eigenvalue weighted by molar-refractivity contribution is 0.0382. The molecule has 122 valence electrons. The van der Waals surface area contributed by atoms with Gasteiger partial charge in [0, 0.05) is 17.6 Å². The quantitative estimate of drug-likeness (QED) is 0.825. The molecule has 0 saturated heterocycles. The van der Waals surface area contributed by atoms with Crippen LogP contribution in [0.3, 0.4) is 0 Å². The summed E-state index contributed by atoms with van der Waals surface area (Å²) in [6.45, 7) is 7.17. The van der Waals surface area contributed by atoms with Crippen LogP contribution in [0.15, 0.2) is 28.7 Å². The largest absolute Gasteiger partial charge is 0.444 e. The first-order valence-electron chi connectivity index (χ1n) is 7.75. The van der Waals surface area contributed by atoms with Gasteiger partial charge in [0.25, 0.3) is 0 Å². The highest BCUT2D eigenvalue weighted by atomic mass is 79.9. The van der Waals surface area contributed by atoms with Crippen LogP contribution in [-0.4, -0.2) is 23.8 Å². The van der Waals surface area contributed by atoms with Gasteiger partial charge in [-0.2, -0.15) is 0 Å². The zero-order valence-corrected chi connectivity index (χ0v) is 15.1. The Morgan fingerprint density at radius 1 is 1.32 bits per heavy atom. The van der Waals surface area contributed by atoms with Gasteiger partial charge < -0.3 is 15.4 Å². The lowest BCUT2D eigenvalue weighted by Crippen LogP contribution is -2.59. The van der Waals surface area contributed by atoms with Crippen molar-refractivity contribution in [2.24, 2.45) is 0 Å². The van der Waals surface area contributed by atoms with Gasteiger partial charge in [0.15, 0.2) is 0 Å². The summed E-state index contributed by atoms with van der Waals surface area (Å²) in [5, 5.41) is 6.51. The van der Waals surface area contributed by atoms with Crippen molar-refractivity contribution in [3.8, 4) is 0 Å². The van der Waals surface area contributed by atoms with E-state index in [9.17, 15) is 4.79 Å². The molecular weight excluding hydrogens is 344 g/mol. The van der Waals surface area contributed by atoms with Crippen LogP contribution in [-0.2, 0) is 11.3 Å². The molecule has 2 rings (SSSR count). The Morgan fingerprint density at radius 2 is 2.00 bits per heavy atom. The number of alkyl carbamates (subject to hydrolysis) is 1. The summed E-state index contributed by atoms with van der Waals surface area (Å²) in [5.41, 5.74) is 0.593. The molecule has 0 bridgehead atoms. The number of nitrogens with one attached hydrogen (secondary N) is 2. The summed E-state index contributed by atoms with van der Waals surface area (Å²) in [4.78, 5) is 12.0. The minimum atomic E-state index is -0.461. The number of carbonyl (C=O) groups excluding carboxylic acids is 1. The van der Waals surface area contributed by atoms with Crippen molar-refractivity contribution in [3.63, 3.8) is 0 Å². The lowest BCUT2D eigenvalue weighted by Gasteiger charge is -2.42. The molecule has 0 heterocycles. The maximum atomic E-state index is 12.0. The molecule has 5 heteroatoms. The van der Waals surface area contributed by atoms with Crippen LogP contribution < -0.4 is 10.6 Å². The molecule has 1 aromatic carbocycles. The van der Waals surface area contributed by atoms with Crippen LogP contribution in [0, 0.1) is 0 Å². The van der Waals surface area contributed by atoms with Crippen LogP contribution in [0.2, 0.25) is 0 Å². The van der Waals surface area contributed by atoms with E-state index in [1.54, 1.807) is 0 Å². The summed E-state index contributed by atoms with van der Waals surface area (Å²) in [6, 6.07) is 8.16. The molecule has 0 spiro atoms. The number of halogens is 1. The molecule has 0 aliphatic heterocycles. The van der Waals surface area contributed by atoms with Gasteiger partial charge in [0.05, 0.1) is 5.54 Å². The topological polar surface area (TPSA) is 50.4 Å². The number of hydrogen-bond acceptors (Lipinski definition) is 3. The average Bonchev–Trinajstić information content (AvgIpc) is 2.35. The molecule has 1 aromatic rings. The molecule has 1 aliphatic carbocycles. The maximum Gasteiger partial charge on any atom is 0.408 e. The Bertz CT molecular complexity index is 522. The lowest BCUT2D eigenvalue weighted by atomic mass is 9.76. The molecule has 0 atom stereocenters. The number of amides is 1. The summed E-state index contributed by atoms with van der Waals surface area (Å²) < 4.78 is 6.47. The molecule has 1 aliphatic rings. The highest BCUT2D eigenvalue weighted by molar-refractivity contribution is 9.10. The second kappa shape index (κ2) is 7.01. The zero-order chi connectivity index (χ0) is 16.2. The van der Waals surface area contributed by atoms with E-state index in [-0.39, 0.29) is 11.6 Å². The molecule has 1 amide bonds. The van der Waals surface area contributed by atoms with Crippen LogP contribution >= 0.6 is 15.9 Å². The van der Waals surface area contributed by atoms with Gasteiger partial charge >= 0.3 is 6.09 Å².